The summed E-state index contributed by atoms with van der Waals surface area (Å²) < 4.78 is 0. The summed E-state index contributed by atoms with van der Waals surface area (Å²) in [5.74, 6) is 2.50. The molecule has 0 aromatic rings. The molecule has 0 amide bonds. The minimum atomic E-state index is -0.580. The summed E-state index contributed by atoms with van der Waals surface area (Å²) in [5.41, 5.74) is 3.35. The summed E-state index contributed by atoms with van der Waals surface area (Å²) in [6, 6.07) is 0. The Morgan fingerprint density at radius 1 is 1.07 bits per heavy atom. The summed E-state index contributed by atoms with van der Waals surface area (Å²) in [6.07, 6.45) is 23.8. The van der Waals surface area contributed by atoms with Crippen LogP contribution in [0.3, 0.4) is 0 Å². The Bertz CT molecular complexity index is 588. The van der Waals surface area contributed by atoms with Crippen molar-refractivity contribution in [3.05, 3.63) is 35.5 Å². The molecule has 0 saturated heterocycles. The highest BCUT2D eigenvalue weighted by atomic mass is 16.3. The van der Waals surface area contributed by atoms with E-state index >= 15 is 0 Å². The van der Waals surface area contributed by atoms with Crippen molar-refractivity contribution in [1.29, 1.82) is 0 Å². The molecule has 3 aliphatic carbocycles. The van der Waals surface area contributed by atoms with E-state index in [0.717, 1.165) is 24.2 Å². The van der Waals surface area contributed by atoms with Crippen LogP contribution in [0.25, 0.3) is 0 Å². The molecule has 0 bridgehead atoms. The second kappa shape index (κ2) is 8.68. The van der Waals surface area contributed by atoms with Gasteiger partial charge in [0.2, 0.25) is 0 Å². The third kappa shape index (κ3) is 5.37. The van der Waals surface area contributed by atoms with Crippen LogP contribution in [0.5, 0.6) is 0 Å². The van der Waals surface area contributed by atoms with Crippen molar-refractivity contribution >= 4 is 0 Å². The summed E-state index contributed by atoms with van der Waals surface area (Å²) in [4.78, 5) is 0. The van der Waals surface area contributed by atoms with Crippen molar-refractivity contribution in [1.82, 2.24) is 0 Å². The third-order valence-corrected chi connectivity index (χ3v) is 7.70. The van der Waals surface area contributed by atoms with Gasteiger partial charge in [-0.05, 0) is 101 Å². The number of hydrogen-bond acceptors (Lipinski definition) is 1. The molecule has 1 N–H and O–H groups in total. The fourth-order valence-corrected chi connectivity index (χ4v) is 6.07. The molecule has 3 aliphatic rings. The Balaban J connectivity index is 1.64. The average Bonchev–Trinajstić information content (AvgIpc) is 2.93. The van der Waals surface area contributed by atoms with E-state index in [4.69, 9.17) is 0 Å². The molecule has 1 heteroatoms. The topological polar surface area (TPSA) is 20.2 Å². The molecule has 1 nitrogen and oxygen atoms in total. The van der Waals surface area contributed by atoms with E-state index in [9.17, 15) is 5.11 Å². The largest absolute Gasteiger partial charge is 0.390 e. The van der Waals surface area contributed by atoms with E-state index < -0.39 is 5.60 Å². The highest BCUT2D eigenvalue weighted by Gasteiger charge is 2.48. The SMILES string of the molecule is C[C@H]1CCC/C(=C/C=C2\CCC[C@]3(C)C(C/C=C/CC(C)(C)O)CCC23)C1. The lowest BCUT2D eigenvalue weighted by Gasteiger charge is -2.42. The van der Waals surface area contributed by atoms with Crippen molar-refractivity contribution in [3.63, 3.8) is 0 Å². The fraction of sp³-hybridized carbons (Fsp3) is 0.769. The number of fused-ring (bicyclic) bond motifs is 1. The first kappa shape index (κ1) is 20.9. The second-order valence-electron chi connectivity index (χ2n) is 10.7. The Morgan fingerprint density at radius 2 is 1.89 bits per heavy atom. The minimum Gasteiger partial charge on any atom is -0.390 e. The van der Waals surface area contributed by atoms with E-state index in [1.807, 2.05) is 13.8 Å². The summed E-state index contributed by atoms with van der Waals surface area (Å²) in [5, 5.41) is 9.90. The van der Waals surface area contributed by atoms with Crippen molar-refractivity contribution in [2.45, 2.75) is 104 Å². The van der Waals surface area contributed by atoms with E-state index in [2.05, 4.69) is 38.2 Å². The van der Waals surface area contributed by atoms with Gasteiger partial charge in [0.05, 0.1) is 5.60 Å². The molecule has 4 atom stereocenters. The van der Waals surface area contributed by atoms with Gasteiger partial charge in [0, 0.05) is 0 Å². The Hall–Kier alpha value is -0.820. The molecule has 0 heterocycles. The summed E-state index contributed by atoms with van der Waals surface area (Å²) >= 11 is 0. The monoisotopic (exact) mass is 370 g/mol. The van der Waals surface area contributed by atoms with Crippen LogP contribution in [0.1, 0.15) is 98.3 Å². The summed E-state index contributed by atoms with van der Waals surface area (Å²) in [6.45, 7) is 8.76. The molecular weight excluding hydrogens is 328 g/mol. The van der Waals surface area contributed by atoms with Gasteiger partial charge < -0.3 is 5.11 Å². The van der Waals surface area contributed by atoms with Crippen LogP contribution < -0.4 is 0 Å². The lowest BCUT2D eigenvalue weighted by Crippen LogP contribution is -2.33. The molecule has 0 radical (unpaired) electrons. The Morgan fingerprint density at radius 3 is 2.63 bits per heavy atom. The number of rotatable bonds is 5. The molecule has 152 valence electrons. The number of aliphatic hydroxyl groups is 1. The molecular formula is C26H42O. The normalized spacial score (nSPS) is 38.0. The van der Waals surface area contributed by atoms with Crippen LogP contribution in [0.15, 0.2) is 35.5 Å². The van der Waals surface area contributed by atoms with Crippen LogP contribution in [-0.4, -0.2) is 10.7 Å². The molecule has 3 fully saturated rings. The van der Waals surface area contributed by atoms with Crippen LogP contribution in [-0.2, 0) is 0 Å². The van der Waals surface area contributed by atoms with Gasteiger partial charge in [-0.15, -0.1) is 0 Å². The zero-order valence-electron chi connectivity index (χ0n) is 18.3. The van der Waals surface area contributed by atoms with Crippen LogP contribution in [0.2, 0.25) is 0 Å². The molecule has 3 rings (SSSR count). The first-order valence-corrected chi connectivity index (χ1v) is 11.5. The molecule has 0 aliphatic heterocycles. The van der Waals surface area contributed by atoms with E-state index in [-0.39, 0.29) is 0 Å². The minimum absolute atomic E-state index is 0.488. The molecule has 0 spiro atoms. The number of allylic oxidation sites excluding steroid dienone is 5. The van der Waals surface area contributed by atoms with Crippen LogP contribution in [0, 0.1) is 23.2 Å². The van der Waals surface area contributed by atoms with Gasteiger partial charge in [-0.2, -0.15) is 0 Å². The smallest absolute Gasteiger partial charge is 0.0626 e. The molecule has 0 aromatic carbocycles. The standard InChI is InChI=1S/C26H42O/c1-20-9-7-10-21(19-20)13-14-22-11-8-18-26(4)23(15-16-24(22)26)12-5-6-17-25(2,3)27/h5-6,13-14,20,23-24,27H,7-12,15-19H2,1-4H3/b6-5+,21-13-,22-14+/t20-,23?,24?,26+/m0/s1. The molecule has 0 aromatic heterocycles. The maximum Gasteiger partial charge on any atom is 0.0626 e. The lowest BCUT2D eigenvalue weighted by atomic mass is 9.63. The maximum atomic E-state index is 9.90. The Kier molecular flexibility index (Phi) is 6.72. The fourth-order valence-electron chi connectivity index (χ4n) is 6.07. The quantitative estimate of drug-likeness (QED) is 0.501. The van der Waals surface area contributed by atoms with Gasteiger partial charge >= 0.3 is 0 Å². The van der Waals surface area contributed by atoms with Gasteiger partial charge in [-0.25, -0.2) is 0 Å². The number of hydrogen-bond donors (Lipinski definition) is 1. The zero-order valence-corrected chi connectivity index (χ0v) is 18.3. The zero-order chi connectivity index (χ0) is 19.5. The highest BCUT2D eigenvalue weighted by Crippen LogP contribution is 2.58. The van der Waals surface area contributed by atoms with Gasteiger partial charge in [0.15, 0.2) is 0 Å². The third-order valence-electron chi connectivity index (χ3n) is 7.70. The average molecular weight is 371 g/mol. The Labute approximate surface area is 168 Å². The highest BCUT2D eigenvalue weighted by molar-refractivity contribution is 5.25. The van der Waals surface area contributed by atoms with Gasteiger partial charge in [0.1, 0.15) is 0 Å². The van der Waals surface area contributed by atoms with Gasteiger partial charge in [0.25, 0.3) is 0 Å². The van der Waals surface area contributed by atoms with Crippen molar-refractivity contribution in [3.8, 4) is 0 Å². The van der Waals surface area contributed by atoms with E-state index in [1.165, 1.54) is 64.2 Å². The van der Waals surface area contributed by atoms with E-state index in [1.54, 1.807) is 11.1 Å². The van der Waals surface area contributed by atoms with Crippen molar-refractivity contribution in [2.75, 3.05) is 0 Å². The first-order chi connectivity index (χ1) is 12.8. The van der Waals surface area contributed by atoms with Gasteiger partial charge in [-0.3, -0.25) is 0 Å². The summed E-state index contributed by atoms with van der Waals surface area (Å²) in [7, 11) is 0. The molecule has 3 saturated carbocycles. The predicted molar refractivity (Wildman–Crippen MR) is 117 cm³/mol. The maximum absolute atomic E-state index is 9.90. The van der Waals surface area contributed by atoms with E-state index in [0.29, 0.717) is 5.41 Å². The molecule has 2 unspecified atom stereocenters. The van der Waals surface area contributed by atoms with Gasteiger partial charge in [-0.1, -0.05) is 55.7 Å². The molecule has 27 heavy (non-hydrogen) atoms. The first-order valence-electron chi connectivity index (χ1n) is 11.5. The predicted octanol–water partition coefficient (Wildman–Crippen LogP) is 7.37. The van der Waals surface area contributed by atoms with Crippen molar-refractivity contribution < 1.29 is 5.11 Å². The second-order valence-corrected chi connectivity index (χ2v) is 10.7. The lowest BCUT2D eigenvalue weighted by molar-refractivity contribution is 0.0837. The van der Waals surface area contributed by atoms with Crippen LogP contribution in [0.4, 0.5) is 0 Å². The van der Waals surface area contributed by atoms with Crippen molar-refractivity contribution in [2.24, 2.45) is 23.2 Å². The van der Waals surface area contributed by atoms with Crippen LogP contribution >= 0.6 is 0 Å².